The van der Waals surface area contributed by atoms with Crippen molar-refractivity contribution in [2.24, 2.45) is 0 Å². The number of fused-ring (bicyclic) bond motifs is 2. The zero-order valence-corrected chi connectivity index (χ0v) is 15.1. The predicted molar refractivity (Wildman–Crippen MR) is 104 cm³/mol. The quantitative estimate of drug-likeness (QED) is 0.439. The Bertz CT molecular complexity index is 1100. The fourth-order valence-electron chi connectivity index (χ4n) is 6.09. The van der Waals surface area contributed by atoms with E-state index in [0.717, 1.165) is 0 Å². The lowest BCUT2D eigenvalue weighted by Crippen LogP contribution is -2.10. The summed E-state index contributed by atoms with van der Waals surface area (Å²) in [6, 6.07) is 15.0. The number of benzene rings is 3. The highest BCUT2D eigenvalue weighted by Crippen LogP contribution is 2.33. The number of hydrogen-bond acceptors (Lipinski definition) is 0. The van der Waals surface area contributed by atoms with Crippen molar-refractivity contribution >= 4 is 0 Å². The second-order valence-corrected chi connectivity index (χ2v) is 8.66. The first kappa shape index (κ1) is 13.8. The second kappa shape index (κ2) is 4.68. The summed E-state index contributed by atoms with van der Waals surface area (Å²) in [7, 11) is 0. The first-order valence-corrected chi connectivity index (χ1v) is 10.3. The summed E-state index contributed by atoms with van der Waals surface area (Å²) in [5.41, 5.74) is 12.9. The zero-order chi connectivity index (χ0) is 16.8. The largest absolute Gasteiger partial charge is 0.0581 e. The van der Waals surface area contributed by atoms with Crippen molar-refractivity contribution in [3.63, 3.8) is 0 Å². The topological polar surface area (TPSA) is 0 Å². The van der Waals surface area contributed by atoms with Crippen LogP contribution >= 0.6 is 0 Å². The van der Waals surface area contributed by atoms with Gasteiger partial charge in [0.1, 0.15) is 0 Å². The standard InChI is InChI=1S/C26H22/c1-2-16-6-10-20-13-19-9-5-15(1)23-24(16)26-18-4-3-17(25(23)26)7-11-21(19)14-22(20)12-8-18/h1-4,13-14H,5-12H2. The molecule has 0 fully saturated rings. The first-order valence-electron chi connectivity index (χ1n) is 10.3. The Hall–Kier alpha value is -2.34. The molecule has 0 saturated carbocycles. The summed E-state index contributed by atoms with van der Waals surface area (Å²) in [6.07, 6.45) is 9.60. The van der Waals surface area contributed by atoms with Gasteiger partial charge in [0, 0.05) is 0 Å². The van der Waals surface area contributed by atoms with E-state index in [9.17, 15) is 0 Å². The lowest BCUT2D eigenvalue weighted by molar-refractivity contribution is 0.862. The van der Waals surface area contributed by atoms with Gasteiger partial charge in [-0.2, -0.15) is 0 Å². The van der Waals surface area contributed by atoms with Crippen molar-refractivity contribution < 1.29 is 0 Å². The SMILES string of the molecule is c1c2c3cc4c1CCc1ccc(c5c1=c1c(ccc(c1=5)CC3)CC4)CC2. The van der Waals surface area contributed by atoms with E-state index in [1.54, 1.807) is 65.4 Å². The zero-order valence-electron chi connectivity index (χ0n) is 15.1. The van der Waals surface area contributed by atoms with Gasteiger partial charge >= 0.3 is 0 Å². The van der Waals surface area contributed by atoms with Crippen LogP contribution < -0.4 is 0 Å². The average molecular weight is 334 g/mol. The van der Waals surface area contributed by atoms with Gasteiger partial charge in [0.2, 0.25) is 0 Å². The molecule has 0 nitrogen and oxygen atoms in total. The van der Waals surface area contributed by atoms with Gasteiger partial charge in [-0.3, -0.25) is 0 Å². The van der Waals surface area contributed by atoms with Crippen LogP contribution in [0.4, 0.5) is 0 Å². The third-order valence-electron chi connectivity index (χ3n) is 7.43. The van der Waals surface area contributed by atoms with Gasteiger partial charge in [-0.05, 0) is 117 Å². The first-order chi connectivity index (χ1) is 12.9. The lowest BCUT2D eigenvalue weighted by Gasteiger charge is -2.20. The minimum atomic E-state index is 1.19. The highest BCUT2D eigenvalue weighted by atomic mass is 14.3. The number of aryl methyl sites for hydroxylation is 8. The van der Waals surface area contributed by atoms with E-state index in [0.29, 0.717) is 0 Å². The smallest absolute Gasteiger partial charge is 0.00610 e. The van der Waals surface area contributed by atoms with Gasteiger partial charge in [-0.15, -0.1) is 0 Å². The Balaban J connectivity index is 1.77. The van der Waals surface area contributed by atoms with Crippen molar-refractivity contribution in [3.05, 3.63) is 102 Å². The second-order valence-electron chi connectivity index (χ2n) is 8.66. The molecule has 126 valence electrons. The highest BCUT2D eigenvalue weighted by molar-refractivity contribution is 5.49. The fraction of sp³-hybridized carbons (Fsp3) is 0.308. The summed E-state index contributed by atoms with van der Waals surface area (Å²) in [4.78, 5) is 0. The van der Waals surface area contributed by atoms with Crippen LogP contribution in [0.1, 0.15) is 44.5 Å². The molecule has 0 aliphatic heterocycles. The highest BCUT2D eigenvalue weighted by Gasteiger charge is 2.22. The van der Waals surface area contributed by atoms with Crippen LogP contribution in [0.2, 0.25) is 0 Å². The molecule has 6 rings (SSSR count). The molecule has 0 heteroatoms. The Morgan fingerprint density at radius 2 is 0.538 bits per heavy atom. The third-order valence-corrected chi connectivity index (χ3v) is 7.43. The summed E-state index contributed by atoms with van der Waals surface area (Å²) < 4.78 is 0. The molecular weight excluding hydrogens is 312 g/mol. The van der Waals surface area contributed by atoms with Crippen LogP contribution in [0.5, 0.6) is 0 Å². The molecule has 0 bridgehead atoms. The molecule has 3 aromatic rings. The van der Waals surface area contributed by atoms with Crippen LogP contribution in [0, 0.1) is 20.9 Å². The molecule has 26 heavy (non-hydrogen) atoms. The summed E-state index contributed by atoms with van der Waals surface area (Å²) in [5, 5.41) is 6.53. The van der Waals surface area contributed by atoms with E-state index in [1.807, 2.05) is 0 Å². The van der Waals surface area contributed by atoms with Crippen molar-refractivity contribution in [3.8, 4) is 0 Å². The molecule has 0 saturated heterocycles. The molecule has 3 aliphatic carbocycles. The maximum Gasteiger partial charge on any atom is -0.00610 e. The molecule has 0 amide bonds. The summed E-state index contributed by atoms with van der Waals surface area (Å²) in [5.74, 6) is 0. The van der Waals surface area contributed by atoms with E-state index in [4.69, 9.17) is 0 Å². The van der Waals surface area contributed by atoms with Crippen LogP contribution in [0.15, 0.2) is 36.4 Å². The van der Waals surface area contributed by atoms with Gasteiger partial charge in [0.25, 0.3) is 0 Å². The molecule has 0 radical (unpaired) electrons. The molecule has 3 aliphatic rings. The van der Waals surface area contributed by atoms with Crippen molar-refractivity contribution in [1.29, 1.82) is 0 Å². The third kappa shape index (κ3) is 1.62. The van der Waals surface area contributed by atoms with Gasteiger partial charge in [0.05, 0.1) is 0 Å². The van der Waals surface area contributed by atoms with Gasteiger partial charge in [-0.1, -0.05) is 36.4 Å². The molecule has 3 aromatic carbocycles. The Labute approximate surface area is 153 Å². The lowest BCUT2D eigenvalue weighted by atomic mass is 9.83. The minimum Gasteiger partial charge on any atom is -0.0581 e. The molecule has 0 unspecified atom stereocenters. The van der Waals surface area contributed by atoms with E-state index in [2.05, 4.69) is 36.4 Å². The molecule has 0 atom stereocenters. The van der Waals surface area contributed by atoms with E-state index < -0.39 is 0 Å². The van der Waals surface area contributed by atoms with Crippen LogP contribution in [0.3, 0.4) is 0 Å². The molecule has 0 heterocycles. The van der Waals surface area contributed by atoms with Crippen LogP contribution in [-0.2, 0) is 51.4 Å². The van der Waals surface area contributed by atoms with Gasteiger partial charge in [-0.25, -0.2) is 0 Å². The van der Waals surface area contributed by atoms with Crippen molar-refractivity contribution in [2.45, 2.75) is 51.4 Å². The van der Waals surface area contributed by atoms with E-state index >= 15 is 0 Å². The molecule has 0 spiro atoms. The monoisotopic (exact) mass is 334 g/mol. The Morgan fingerprint density at radius 1 is 0.308 bits per heavy atom. The Kier molecular flexibility index (Phi) is 2.49. The maximum absolute atomic E-state index is 2.59. The Morgan fingerprint density at radius 3 is 0.808 bits per heavy atom. The fourth-order valence-corrected chi connectivity index (χ4v) is 6.09. The maximum atomic E-state index is 2.59. The summed E-state index contributed by atoms with van der Waals surface area (Å²) in [6.45, 7) is 0. The van der Waals surface area contributed by atoms with Crippen molar-refractivity contribution in [1.82, 2.24) is 0 Å². The van der Waals surface area contributed by atoms with Gasteiger partial charge < -0.3 is 0 Å². The molecular formula is C26H22. The number of hydrogen-bond donors (Lipinski definition) is 0. The molecule has 0 aromatic heterocycles. The minimum absolute atomic E-state index is 1.19. The normalized spacial score (nSPS) is 17.5. The van der Waals surface area contributed by atoms with Gasteiger partial charge in [0.15, 0.2) is 0 Å². The van der Waals surface area contributed by atoms with E-state index in [1.165, 1.54) is 51.4 Å². The molecule has 0 N–H and O–H groups in total. The van der Waals surface area contributed by atoms with Crippen molar-refractivity contribution in [2.75, 3.05) is 0 Å². The van der Waals surface area contributed by atoms with E-state index in [-0.39, 0.29) is 0 Å². The van der Waals surface area contributed by atoms with Crippen LogP contribution in [-0.4, -0.2) is 0 Å². The van der Waals surface area contributed by atoms with Crippen LogP contribution in [0.25, 0.3) is 0 Å². The predicted octanol–water partition coefficient (Wildman–Crippen LogP) is 4.65. The number of rotatable bonds is 0. The average Bonchev–Trinajstić information content (AvgIpc) is 2.70. The summed E-state index contributed by atoms with van der Waals surface area (Å²) >= 11 is 0.